The van der Waals surface area contributed by atoms with Crippen LogP contribution >= 0.6 is 0 Å². The van der Waals surface area contributed by atoms with E-state index in [4.69, 9.17) is 4.74 Å². The van der Waals surface area contributed by atoms with Crippen LogP contribution in [-0.4, -0.2) is 40.2 Å². The molecular formula is C30H33F5N2O. The first kappa shape index (κ1) is 25.7. The van der Waals surface area contributed by atoms with E-state index in [1.165, 1.54) is 26.0 Å². The Hall–Kier alpha value is -2.61. The van der Waals surface area contributed by atoms with E-state index in [9.17, 15) is 13.2 Å². The highest BCUT2D eigenvalue weighted by molar-refractivity contribution is 5.85. The first-order valence-corrected chi connectivity index (χ1v) is 13.5. The molecular weight excluding hydrogens is 499 g/mol. The van der Waals surface area contributed by atoms with Crippen LogP contribution in [-0.2, 0) is 6.42 Å². The maximum atomic E-state index is 15.8. The predicted octanol–water partition coefficient (Wildman–Crippen LogP) is 7.73. The molecule has 0 amide bonds. The molecule has 0 bridgehead atoms. The zero-order valence-electron chi connectivity index (χ0n) is 21.8. The minimum absolute atomic E-state index is 0.00484. The van der Waals surface area contributed by atoms with E-state index in [0.717, 1.165) is 16.5 Å². The Morgan fingerprint density at radius 2 is 1.71 bits per heavy atom. The monoisotopic (exact) mass is 532 g/mol. The summed E-state index contributed by atoms with van der Waals surface area (Å²) >= 11 is 0. The number of hydrogen-bond donors (Lipinski definition) is 1. The number of para-hydroxylation sites is 1. The first-order valence-electron chi connectivity index (χ1n) is 13.5. The molecule has 0 radical (unpaired) electrons. The highest BCUT2D eigenvalue weighted by Crippen LogP contribution is 2.52. The van der Waals surface area contributed by atoms with Gasteiger partial charge in [-0.25, -0.2) is 22.0 Å². The Labute approximate surface area is 219 Å². The summed E-state index contributed by atoms with van der Waals surface area (Å²) in [6.07, 6.45) is 1.46. The third kappa shape index (κ3) is 4.59. The second-order valence-electron chi connectivity index (χ2n) is 12.2. The van der Waals surface area contributed by atoms with Crippen molar-refractivity contribution in [1.82, 2.24) is 9.88 Å². The highest BCUT2D eigenvalue weighted by Gasteiger charge is 2.51. The van der Waals surface area contributed by atoms with Gasteiger partial charge in [0, 0.05) is 59.7 Å². The summed E-state index contributed by atoms with van der Waals surface area (Å²) < 4.78 is 78.7. The lowest BCUT2D eigenvalue weighted by Gasteiger charge is -2.47. The fourth-order valence-electron chi connectivity index (χ4n) is 6.71. The van der Waals surface area contributed by atoms with Gasteiger partial charge in [0.05, 0.1) is 12.1 Å². The predicted molar refractivity (Wildman–Crippen MR) is 136 cm³/mol. The molecule has 3 aliphatic rings. The van der Waals surface area contributed by atoms with E-state index < -0.39 is 29.3 Å². The zero-order valence-corrected chi connectivity index (χ0v) is 21.8. The Balaban J connectivity index is 1.30. The third-order valence-corrected chi connectivity index (χ3v) is 8.62. The first-order chi connectivity index (χ1) is 17.9. The minimum Gasteiger partial charge on any atom is -0.490 e. The molecule has 0 spiro atoms. The van der Waals surface area contributed by atoms with Crippen LogP contribution < -0.4 is 4.74 Å². The van der Waals surface area contributed by atoms with E-state index in [-0.39, 0.29) is 54.7 Å². The van der Waals surface area contributed by atoms with E-state index in [0.29, 0.717) is 25.0 Å². The highest BCUT2D eigenvalue weighted by atomic mass is 19.3. The number of rotatable bonds is 6. The molecule has 2 aliphatic carbocycles. The summed E-state index contributed by atoms with van der Waals surface area (Å²) in [6, 6.07) is 9.17. The van der Waals surface area contributed by atoms with Crippen LogP contribution in [0, 0.1) is 23.5 Å². The van der Waals surface area contributed by atoms with E-state index in [1.807, 2.05) is 36.1 Å². The van der Waals surface area contributed by atoms with Gasteiger partial charge in [-0.05, 0) is 63.5 Å². The number of aromatic nitrogens is 1. The van der Waals surface area contributed by atoms with Crippen molar-refractivity contribution in [3.63, 3.8) is 0 Å². The molecule has 1 aromatic heterocycles. The summed E-state index contributed by atoms with van der Waals surface area (Å²) in [4.78, 5) is 5.21. The van der Waals surface area contributed by atoms with E-state index in [2.05, 4.69) is 4.98 Å². The fourth-order valence-corrected chi connectivity index (χ4v) is 6.71. The minimum atomic E-state index is -2.55. The number of halogens is 5. The fraction of sp³-hybridized carbons (Fsp3) is 0.533. The number of nitrogens with one attached hydrogen (secondary N) is 1. The molecule has 8 heteroatoms. The summed E-state index contributed by atoms with van der Waals surface area (Å²) in [5.41, 5.74) is 0.841. The van der Waals surface area contributed by atoms with Gasteiger partial charge in [0.15, 0.2) is 0 Å². The van der Waals surface area contributed by atoms with Gasteiger partial charge < -0.3 is 9.72 Å². The van der Waals surface area contributed by atoms with Gasteiger partial charge in [0.2, 0.25) is 5.92 Å². The third-order valence-electron chi connectivity index (χ3n) is 8.62. The molecule has 1 aliphatic heterocycles. The second-order valence-corrected chi connectivity index (χ2v) is 12.2. The lowest BCUT2D eigenvalue weighted by atomic mass is 9.64. The molecule has 2 fully saturated rings. The van der Waals surface area contributed by atoms with Crippen molar-refractivity contribution in [2.24, 2.45) is 11.8 Å². The quantitative estimate of drug-likeness (QED) is 0.329. The maximum Gasteiger partial charge on any atom is 0.248 e. The Kier molecular flexibility index (Phi) is 6.05. The largest absolute Gasteiger partial charge is 0.490 e. The van der Waals surface area contributed by atoms with Gasteiger partial charge in [0.25, 0.3) is 0 Å². The smallest absolute Gasteiger partial charge is 0.248 e. The van der Waals surface area contributed by atoms with Gasteiger partial charge >= 0.3 is 0 Å². The van der Waals surface area contributed by atoms with Crippen molar-refractivity contribution < 1.29 is 26.7 Å². The summed E-state index contributed by atoms with van der Waals surface area (Å²) in [5, 5.41) is 1.00. The molecule has 2 heterocycles. The number of aromatic amines is 1. The SMILES string of the molecule is C[C@@H]1Cc2c([nH]c3ccccc23)[C@@H](c2c(F)cc(OC3CC(C4CC(F)(F)C4)C3)cc2F)N1CC(C)(C)F. The lowest BCUT2D eigenvalue weighted by Crippen LogP contribution is -2.48. The normalized spacial score (nSPS) is 27.6. The molecule has 0 unspecified atom stereocenters. The zero-order chi connectivity index (χ0) is 27.0. The molecule has 38 heavy (non-hydrogen) atoms. The summed E-state index contributed by atoms with van der Waals surface area (Å²) in [5.74, 6) is -3.78. The Morgan fingerprint density at radius 1 is 1.05 bits per heavy atom. The van der Waals surface area contributed by atoms with Crippen LogP contribution in [0.25, 0.3) is 10.9 Å². The number of fused-ring (bicyclic) bond motifs is 3. The maximum absolute atomic E-state index is 15.8. The van der Waals surface area contributed by atoms with E-state index in [1.54, 1.807) is 0 Å². The second kappa shape index (κ2) is 8.97. The summed E-state index contributed by atoms with van der Waals surface area (Å²) in [6.45, 7) is 4.91. The molecule has 2 saturated carbocycles. The van der Waals surface area contributed by atoms with Crippen LogP contribution in [0.15, 0.2) is 36.4 Å². The molecule has 1 N–H and O–H groups in total. The number of hydrogen-bond acceptors (Lipinski definition) is 2. The van der Waals surface area contributed by atoms with Crippen LogP contribution in [0.5, 0.6) is 5.75 Å². The van der Waals surface area contributed by atoms with Crippen LogP contribution in [0.4, 0.5) is 22.0 Å². The molecule has 6 rings (SSSR count). The number of nitrogens with zero attached hydrogens (tertiary/aromatic N) is 1. The van der Waals surface area contributed by atoms with Gasteiger partial charge in [0.1, 0.15) is 23.1 Å². The van der Waals surface area contributed by atoms with Crippen molar-refractivity contribution in [3.8, 4) is 5.75 Å². The average molecular weight is 533 g/mol. The number of ether oxygens (including phenoxy) is 1. The molecule has 204 valence electrons. The van der Waals surface area contributed by atoms with Gasteiger partial charge in [-0.2, -0.15) is 0 Å². The molecule has 3 nitrogen and oxygen atoms in total. The van der Waals surface area contributed by atoms with Crippen molar-refractivity contribution in [2.45, 2.75) is 82.7 Å². The van der Waals surface area contributed by atoms with Crippen molar-refractivity contribution in [1.29, 1.82) is 0 Å². The Morgan fingerprint density at radius 3 is 2.34 bits per heavy atom. The Bertz CT molecular complexity index is 1330. The van der Waals surface area contributed by atoms with Gasteiger partial charge in [-0.3, -0.25) is 4.90 Å². The van der Waals surface area contributed by atoms with Crippen molar-refractivity contribution in [3.05, 3.63) is 64.9 Å². The molecule has 0 saturated heterocycles. The lowest BCUT2D eigenvalue weighted by molar-refractivity contribution is -0.145. The summed E-state index contributed by atoms with van der Waals surface area (Å²) in [7, 11) is 0. The van der Waals surface area contributed by atoms with Crippen LogP contribution in [0.1, 0.15) is 69.3 Å². The number of alkyl halides is 3. The topological polar surface area (TPSA) is 28.3 Å². The molecule has 2 atom stereocenters. The van der Waals surface area contributed by atoms with Crippen LogP contribution in [0.2, 0.25) is 0 Å². The van der Waals surface area contributed by atoms with Crippen molar-refractivity contribution in [2.75, 3.05) is 6.54 Å². The molecule has 2 aromatic carbocycles. The van der Waals surface area contributed by atoms with E-state index >= 15 is 8.78 Å². The number of benzene rings is 2. The number of H-pyrrole nitrogens is 1. The van der Waals surface area contributed by atoms with Gasteiger partial charge in [-0.15, -0.1) is 0 Å². The molecule has 3 aromatic rings. The average Bonchev–Trinajstić information content (AvgIpc) is 3.13. The van der Waals surface area contributed by atoms with Gasteiger partial charge in [-0.1, -0.05) is 18.2 Å². The van der Waals surface area contributed by atoms with Crippen molar-refractivity contribution >= 4 is 10.9 Å². The standard InChI is InChI=1S/C30H33F5N2O/c1-16-8-22-21-6-4-5-7-25(21)36-27(22)28(37(16)15-29(2,3)33)26-23(31)11-20(12-24(26)32)38-19-9-17(10-19)18-13-30(34,35)14-18/h4-7,11-12,16-19,28,36H,8-10,13-15H2,1-3H3/t16-,17?,19?,28-/m1/s1. The van der Waals surface area contributed by atoms with Crippen LogP contribution in [0.3, 0.4) is 0 Å².